The summed E-state index contributed by atoms with van der Waals surface area (Å²) in [7, 11) is 0. The van der Waals surface area contributed by atoms with Gasteiger partial charge < -0.3 is 15.3 Å². The predicted molar refractivity (Wildman–Crippen MR) is 73.6 cm³/mol. The minimum absolute atomic E-state index is 0.194. The highest BCUT2D eigenvalue weighted by molar-refractivity contribution is 6.28. The molecule has 1 saturated heterocycles. The van der Waals surface area contributed by atoms with Crippen LogP contribution in [0.25, 0.3) is 0 Å². The molecular formula is C12H18ClN5O. The highest BCUT2D eigenvalue weighted by Gasteiger charge is 2.34. The average Bonchev–Trinajstić information content (AvgIpc) is 2.87. The zero-order chi connectivity index (χ0) is 13.3. The van der Waals surface area contributed by atoms with Gasteiger partial charge in [0.25, 0.3) is 0 Å². The zero-order valence-corrected chi connectivity index (χ0v) is 11.5. The van der Waals surface area contributed by atoms with Gasteiger partial charge in [-0.3, -0.25) is 0 Å². The summed E-state index contributed by atoms with van der Waals surface area (Å²) < 4.78 is 0. The van der Waals surface area contributed by atoms with Gasteiger partial charge in [-0.25, -0.2) is 0 Å². The Morgan fingerprint density at radius 2 is 1.89 bits per heavy atom. The molecule has 2 aliphatic rings. The number of hydrogen-bond acceptors (Lipinski definition) is 6. The third-order valence-corrected chi connectivity index (χ3v) is 4.01. The molecule has 3 rings (SSSR count). The second-order valence-corrected chi connectivity index (χ2v) is 5.69. The molecule has 2 N–H and O–H groups in total. The Morgan fingerprint density at radius 1 is 1.16 bits per heavy atom. The fourth-order valence-corrected chi connectivity index (χ4v) is 2.64. The summed E-state index contributed by atoms with van der Waals surface area (Å²) in [6.45, 7) is 2.39. The molecule has 1 aromatic heterocycles. The number of aliphatic hydroxyl groups is 1. The van der Waals surface area contributed by atoms with Gasteiger partial charge in [0.15, 0.2) is 0 Å². The van der Waals surface area contributed by atoms with Gasteiger partial charge in [0.1, 0.15) is 0 Å². The summed E-state index contributed by atoms with van der Waals surface area (Å²) in [5.41, 5.74) is -0.604. The van der Waals surface area contributed by atoms with Crippen LogP contribution in [0.5, 0.6) is 0 Å². The first kappa shape index (κ1) is 12.9. The second kappa shape index (κ2) is 5.09. The summed E-state index contributed by atoms with van der Waals surface area (Å²) in [5, 5.41) is 13.3. The van der Waals surface area contributed by atoms with Crippen LogP contribution >= 0.6 is 11.6 Å². The molecule has 19 heavy (non-hydrogen) atoms. The lowest BCUT2D eigenvalue weighted by Crippen LogP contribution is -2.43. The molecule has 2 fully saturated rings. The maximum Gasteiger partial charge on any atom is 0.231 e. The van der Waals surface area contributed by atoms with E-state index in [1.807, 2.05) is 0 Å². The summed E-state index contributed by atoms with van der Waals surface area (Å²) in [6, 6.07) is 0. The number of halogens is 1. The van der Waals surface area contributed by atoms with E-state index in [9.17, 15) is 5.11 Å². The van der Waals surface area contributed by atoms with Crippen LogP contribution in [0, 0.1) is 0 Å². The van der Waals surface area contributed by atoms with Crippen LogP contribution in [0.15, 0.2) is 0 Å². The molecule has 0 aromatic carbocycles. The van der Waals surface area contributed by atoms with Crippen LogP contribution in [0.1, 0.15) is 32.1 Å². The minimum Gasteiger partial charge on any atom is -0.388 e. The average molecular weight is 284 g/mol. The molecule has 1 aliphatic heterocycles. The van der Waals surface area contributed by atoms with Gasteiger partial charge >= 0.3 is 0 Å². The number of nitrogens with one attached hydrogen (secondary N) is 1. The van der Waals surface area contributed by atoms with Crippen molar-refractivity contribution < 1.29 is 5.11 Å². The molecule has 1 aromatic rings. The van der Waals surface area contributed by atoms with E-state index >= 15 is 0 Å². The Bertz CT molecular complexity index is 459. The molecule has 7 heteroatoms. The lowest BCUT2D eigenvalue weighted by molar-refractivity contribution is -0.0203. The van der Waals surface area contributed by atoms with Crippen molar-refractivity contribution in [1.29, 1.82) is 0 Å². The van der Waals surface area contributed by atoms with Crippen molar-refractivity contribution in [2.45, 2.75) is 37.7 Å². The van der Waals surface area contributed by atoms with Crippen LogP contribution in [0.4, 0.5) is 11.9 Å². The van der Waals surface area contributed by atoms with Crippen LogP contribution in [0.3, 0.4) is 0 Å². The lowest BCUT2D eigenvalue weighted by Gasteiger charge is -2.36. The highest BCUT2D eigenvalue weighted by Crippen LogP contribution is 2.31. The Morgan fingerprint density at radius 3 is 2.53 bits per heavy atom. The summed E-state index contributed by atoms with van der Waals surface area (Å²) in [4.78, 5) is 14.7. The maximum atomic E-state index is 10.0. The number of nitrogens with zero attached hydrogens (tertiary/aromatic N) is 4. The quantitative estimate of drug-likeness (QED) is 0.871. The predicted octanol–water partition coefficient (Wildman–Crippen LogP) is 1.45. The normalized spacial score (nSPS) is 21.3. The van der Waals surface area contributed by atoms with Crippen LogP contribution in [0.2, 0.25) is 5.28 Å². The van der Waals surface area contributed by atoms with E-state index < -0.39 is 5.60 Å². The Labute approximate surface area is 117 Å². The van der Waals surface area contributed by atoms with Gasteiger partial charge in [0, 0.05) is 19.6 Å². The van der Waals surface area contributed by atoms with Crippen molar-refractivity contribution in [1.82, 2.24) is 15.0 Å². The van der Waals surface area contributed by atoms with E-state index in [-0.39, 0.29) is 5.28 Å². The van der Waals surface area contributed by atoms with Crippen molar-refractivity contribution in [2.24, 2.45) is 0 Å². The van der Waals surface area contributed by atoms with Crippen molar-refractivity contribution >= 4 is 23.5 Å². The molecule has 1 aliphatic carbocycles. The molecule has 1 saturated carbocycles. The Hall–Kier alpha value is -1.14. The number of aromatic nitrogens is 3. The monoisotopic (exact) mass is 283 g/mol. The van der Waals surface area contributed by atoms with Crippen molar-refractivity contribution in [3.8, 4) is 0 Å². The fraction of sp³-hybridized carbons (Fsp3) is 0.750. The SMILES string of the molecule is OC1(CNc2nc(Cl)nc(N3CCCC3)n2)CCC1. The first-order chi connectivity index (χ1) is 9.15. The molecule has 0 bridgehead atoms. The van der Waals surface area contributed by atoms with Crippen molar-refractivity contribution in [2.75, 3.05) is 29.9 Å². The molecule has 0 radical (unpaired) electrons. The van der Waals surface area contributed by atoms with E-state index in [2.05, 4.69) is 25.2 Å². The van der Waals surface area contributed by atoms with Crippen molar-refractivity contribution in [3.05, 3.63) is 5.28 Å². The molecule has 0 unspecified atom stereocenters. The van der Waals surface area contributed by atoms with Gasteiger partial charge in [-0.15, -0.1) is 0 Å². The molecule has 0 amide bonds. The van der Waals surface area contributed by atoms with Gasteiger partial charge in [0.05, 0.1) is 5.60 Å². The Balaban J connectivity index is 1.70. The number of rotatable bonds is 4. The van der Waals surface area contributed by atoms with E-state index in [0.29, 0.717) is 18.4 Å². The summed E-state index contributed by atoms with van der Waals surface area (Å²) >= 11 is 5.93. The van der Waals surface area contributed by atoms with Crippen molar-refractivity contribution in [3.63, 3.8) is 0 Å². The largest absolute Gasteiger partial charge is 0.388 e. The van der Waals surface area contributed by atoms with E-state index in [0.717, 1.165) is 45.2 Å². The third kappa shape index (κ3) is 2.90. The number of anilines is 2. The van der Waals surface area contributed by atoms with E-state index in [4.69, 9.17) is 11.6 Å². The van der Waals surface area contributed by atoms with E-state index in [1.165, 1.54) is 0 Å². The highest BCUT2D eigenvalue weighted by atomic mass is 35.5. The van der Waals surface area contributed by atoms with Gasteiger partial charge in [-0.05, 0) is 43.7 Å². The van der Waals surface area contributed by atoms with Gasteiger partial charge in [-0.2, -0.15) is 15.0 Å². The fourth-order valence-electron chi connectivity index (χ4n) is 2.48. The standard InChI is InChI=1S/C12H18ClN5O/c13-9-15-10(14-8-12(19)4-3-5-12)17-11(16-9)18-6-1-2-7-18/h19H,1-8H2,(H,14,15,16,17). The first-order valence-corrected chi connectivity index (χ1v) is 7.15. The summed E-state index contributed by atoms with van der Waals surface area (Å²) in [5.74, 6) is 1.07. The van der Waals surface area contributed by atoms with E-state index in [1.54, 1.807) is 0 Å². The van der Waals surface area contributed by atoms with Crippen LogP contribution in [-0.4, -0.2) is 45.3 Å². The number of hydrogen-bond donors (Lipinski definition) is 2. The Kier molecular flexibility index (Phi) is 3.45. The first-order valence-electron chi connectivity index (χ1n) is 6.77. The summed E-state index contributed by atoms with van der Waals surface area (Å²) in [6.07, 6.45) is 5.06. The molecule has 104 valence electrons. The van der Waals surface area contributed by atoms with Crippen LogP contribution in [-0.2, 0) is 0 Å². The smallest absolute Gasteiger partial charge is 0.231 e. The topological polar surface area (TPSA) is 74.2 Å². The molecule has 6 nitrogen and oxygen atoms in total. The molecule has 2 heterocycles. The van der Waals surface area contributed by atoms with Gasteiger partial charge in [-0.1, -0.05) is 0 Å². The van der Waals surface area contributed by atoms with Gasteiger partial charge in [0.2, 0.25) is 17.2 Å². The second-order valence-electron chi connectivity index (χ2n) is 5.35. The zero-order valence-electron chi connectivity index (χ0n) is 10.8. The lowest BCUT2D eigenvalue weighted by atomic mass is 9.80. The minimum atomic E-state index is -0.604. The van der Waals surface area contributed by atoms with Crippen LogP contribution < -0.4 is 10.2 Å². The molecular weight excluding hydrogens is 266 g/mol. The maximum absolute atomic E-state index is 10.0. The molecule has 0 spiro atoms. The molecule has 0 atom stereocenters. The third-order valence-electron chi connectivity index (χ3n) is 3.85.